The van der Waals surface area contributed by atoms with E-state index in [4.69, 9.17) is 5.73 Å². The summed E-state index contributed by atoms with van der Waals surface area (Å²) in [5, 5.41) is 3.27. The van der Waals surface area contributed by atoms with Crippen LogP contribution in [-0.2, 0) is 4.79 Å². The second kappa shape index (κ2) is 7.25. The Bertz CT molecular complexity index is 279. The number of amides is 1. The van der Waals surface area contributed by atoms with E-state index in [2.05, 4.69) is 17.1 Å². The van der Waals surface area contributed by atoms with Crippen molar-refractivity contribution < 1.29 is 4.79 Å². The SMILES string of the molecule is CCN1CCC(NC(=O)C2CCC(CN)CC2)CC1. The van der Waals surface area contributed by atoms with Gasteiger partial charge in [-0.05, 0) is 57.5 Å². The standard InChI is InChI=1S/C15H29N3O/c1-2-18-9-7-14(8-10-18)17-15(19)13-5-3-12(11-16)4-6-13/h12-14H,2-11,16H2,1H3,(H,17,19). The molecule has 1 aliphatic heterocycles. The van der Waals surface area contributed by atoms with Crippen LogP contribution in [0.25, 0.3) is 0 Å². The van der Waals surface area contributed by atoms with E-state index >= 15 is 0 Å². The highest BCUT2D eigenvalue weighted by Crippen LogP contribution is 2.28. The van der Waals surface area contributed by atoms with Crippen LogP contribution in [0.3, 0.4) is 0 Å². The summed E-state index contributed by atoms with van der Waals surface area (Å²) in [7, 11) is 0. The topological polar surface area (TPSA) is 58.4 Å². The molecule has 19 heavy (non-hydrogen) atoms. The minimum Gasteiger partial charge on any atom is -0.353 e. The molecule has 0 spiro atoms. The van der Waals surface area contributed by atoms with Crippen LogP contribution in [0.4, 0.5) is 0 Å². The van der Waals surface area contributed by atoms with E-state index in [1.54, 1.807) is 0 Å². The summed E-state index contributed by atoms with van der Waals surface area (Å²) in [6.07, 6.45) is 6.53. The van der Waals surface area contributed by atoms with Crippen LogP contribution in [0, 0.1) is 11.8 Å². The smallest absolute Gasteiger partial charge is 0.223 e. The first kappa shape index (κ1) is 14.8. The van der Waals surface area contributed by atoms with Gasteiger partial charge in [-0.3, -0.25) is 4.79 Å². The molecule has 4 nitrogen and oxygen atoms in total. The van der Waals surface area contributed by atoms with E-state index in [1.807, 2.05) is 0 Å². The van der Waals surface area contributed by atoms with Crippen molar-refractivity contribution in [3.8, 4) is 0 Å². The van der Waals surface area contributed by atoms with Gasteiger partial charge in [0.05, 0.1) is 0 Å². The van der Waals surface area contributed by atoms with Crippen LogP contribution in [0.1, 0.15) is 45.4 Å². The first-order valence-corrected chi connectivity index (χ1v) is 7.95. The number of carbonyl (C=O) groups excluding carboxylic acids is 1. The van der Waals surface area contributed by atoms with Crippen molar-refractivity contribution >= 4 is 5.91 Å². The molecule has 0 aromatic rings. The second-order valence-electron chi connectivity index (χ2n) is 6.17. The van der Waals surface area contributed by atoms with Gasteiger partial charge in [-0.25, -0.2) is 0 Å². The minimum atomic E-state index is 0.243. The van der Waals surface area contributed by atoms with Crippen LogP contribution >= 0.6 is 0 Å². The van der Waals surface area contributed by atoms with E-state index < -0.39 is 0 Å². The van der Waals surface area contributed by atoms with E-state index in [0.29, 0.717) is 17.9 Å². The van der Waals surface area contributed by atoms with Gasteiger partial charge in [-0.2, -0.15) is 0 Å². The van der Waals surface area contributed by atoms with Gasteiger partial charge >= 0.3 is 0 Å². The molecule has 2 rings (SSSR count). The fourth-order valence-electron chi connectivity index (χ4n) is 3.37. The monoisotopic (exact) mass is 267 g/mol. The molecule has 0 unspecified atom stereocenters. The Balaban J connectivity index is 1.70. The Morgan fingerprint density at radius 1 is 1.16 bits per heavy atom. The third-order valence-corrected chi connectivity index (χ3v) is 4.93. The van der Waals surface area contributed by atoms with Gasteiger partial charge in [0.15, 0.2) is 0 Å². The zero-order valence-electron chi connectivity index (χ0n) is 12.2. The molecule has 2 fully saturated rings. The van der Waals surface area contributed by atoms with Gasteiger partial charge in [-0.15, -0.1) is 0 Å². The van der Waals surface area contributed by atoms with E-state index in [1.165, 1.54) is 0 Å². The largest absolute Gasteiger partial charge is 0.353 e. The zero-order chi connectivity index (χ0) is 13.7. The van der Waals surface area contributed by atoms with Gasteiger partial charge in [0.1, 0.15) is 0 Å². The summed E-state index contributed by atoms with van der Waals surface area (Å²) in [6.45, 7) is 6.37. The lowest BCUT2D eigenvalue weighted by Crippen LogP contribution is -2.46. The zero-order valence-corrected chi connectivity index (χ0v) is 12.2. The van der Waals surface area contributed by atoms with Gasteiger partial charge in [-0.1, -0.05) is 6.92 Å². The Labute approximate surface area is 117 Å². The van der Waals surface area contributed by atoms with Crippen molar-refractivity contribution in [3.05, 3.63) is 0 Å². The Morgan fingerprint density at radius 3 is 2.32 bits per heavy atom. The summed E-state index contributed by atoms with van der Waals surface area (Å²) in [4.78, 5) is 14.7. The van der Waals surface area contributed by atoms with Gasteiger partial charge in [0.2, 0.25) is 5.91 Å². The van der Waals surface area contributed by atoms with Gasteiger partial charge in [0, 0.05) is 25.0 Å². The molecule has 110 valence electrons. The average Bonchev–Trinajstić information content (AvgIpc) is 2.48. The lowest BCUT2D eigenvalue weighted by Gasteiger charge is -2.33. The molecule has 0 aromatic heterocycles. The van der Waals surface area contributed by atoms with Crippen LogP contribution < -0.4 is 11.1 Å². The molecule has 4 heteroatoms. The van der Waals surface area contributed by atoms with Crippen LogP contribution in [0.2, 0.25) is 0 Å². The predicted octanol–water partition coefficient (Wildman–Crippen LogP) is 1.35. The number of likely N-dealkylation sites (tertiary alicyclic amines) is 1. The average molecular weight is 267 g/mol. The summed E-state index contributed by atoms with van der Waals surface area (Å²) in [6, 6.07) is 0.405. The highest BCUT2D eigenvalue weighted by atomic mass is 16.1. The fourth-order valence-corrected chi connectivity index (χ4v) is 3.37. The van der Waals surface area contributed by atoms with Crippen molar-refractivity contribution in [2.24, 2.45) is 17.6 Å². The van der Waals surface area contributed by atoms with Crippen molar-refractivity contribution in [2.75, 3.05) is 26.2 Å². The van der Waals surface area contributed by atoms with Crippen molar-refractivity contribution in [3.63, 3.8) is 0 Å². The maximum atomic E-state index is 12.3. The molecule has 1 amide bonds. The van der Waals surface area contributed by atoms with E-state index in [-0.39, 0.29) is 5.92 Å². The number of hydrogen-bond donors (Lipinski definition) is 2. The minimum absolute atomic E-state index is 0.243. The number of nitrogens with zero attached hydrogens (tertiary/aromatic N) is 1. The van der Waals surface area contributed by atoms with Crippen molar-refractivity contribution in [2.45, 2.75) is 51.5 Å². The van der Waals surface area contributed by atoms with Crippen LogP contribution in [0.5, 0.6) is 0 Å². The normalized spacial score (nSPS) is 30.2. The summed E-state index contributed by atoms with van der Waals surface area (Å²) in [5.74, 6) is 1.19. The maximum Gasteiger partial charge on any atom is 0.223 e. The molecule has 1 saturated heterocycles. The summed E-state index contributed by atoms with van der Waals surface area (Å²) < 4.78 is 0. The summed E-state index contributed by atoms with van der Waals surface area (Å²) in [5.41, 5.74) is 5.70. The number of hydrogen-bond acceptors (Lipinski definition) is 3. The maximum absolute atomic E-state index is 12.3. The predicted molar refractivity (Wildman–Crippen MR) is 77.8 cm³/mol. The van der Waals surface area contributed by atoms with Crippen LogP contribution in [0.15, 0.2) is 0 Å². The summed E-state index contributed by atoms with van der Waals surface area (Å²) >= 11 is 0. The third kappa shape index (κ3) is 4.18. The molecule has 1 aliphatic carbocycles. The van der Waals surface area contributed by atoms with Gasteiger partial charge < -0.3 is 16.0 Å². The highest BCUT2D eigenvalue weighted by Gasteiger charge is 2.28. The van der Waals surface area contributed by atoms with Crippen LogP contribution in [-0.4, -0.2) is 43.0 Å². The van der Waals surface area contributed by atoms with Gasteiger partial charge in [0.25, 0.3) is 0 Å². The molecule has 1 saturated carbocycles. The number of nitrogens with two attached hydrogens (primary N) is 1. The molecule has 0 bridgehead atoms. The number of rotatable bonds is 4. The molecular weight excluding hydrogens is 238 g/mol. The quantitative estimate of drug-likeness (QED) is 0.808. The molecule has 1 heterocycles. The molecule has 0 radical (unpaired) electrons. The lowest BCUT2D eigenvalue weighted by molar-refractivity contribution is -0.127. The Morgan fingerprint density at radius 2 is 1.79 bits per heavy atom. The second-order valence-corrected chi connectivity index (χ2v) is 6.17. The van der Waals surface area contributed by atoms with E-state index in [9.17, 15) is 4.79 Å². The van der Waals surface area contributed by atoms with Crippen molar-refractivity contribution in [1.82, 2.24) is 10.2 Å². The third-order valence-electron chi connectivity index (χ3n) is 4.93. The lowest BCUT2D eigenvalue weighted by atomic mass is 9.81. The molecule has 3 N–H and O–H groups in total. The molecule has 0 aromatic carbocycles. The van der Waals surface area contributed by atoms with E-state index in [0.717, 1.165) is 64.7 Å². The number of carbonyl (C=O) groups is 1. The highest BCUT2D eigenvalue weighted by molar-refractivity contribution is 5.79. The molecule has 0 atom stereocenters. The first-order valence-electron chi connectivity index (χ1n) is 7.95. The molecule has 2 aliphatic rings. The van der Waals surface area contributed by atoms with Crippen molar-refractivity contribution in [1.29, 1.82) is 0 Å². The Hall–Kier alpha value is -0.610. The first-order chi connectivity index (χ1) is 9.22. The molecular formula is C15H29N3O. The number of nitrogens with one attached hydrogen (secondary N) is 1. The fraction of sp³-hybridized carbons (Fsp3) is 0.933. The Kier molecular flexibility index (Phi) is 5.64. The number of piperidine rings is 1.